The second-order valence-corrected chi connectivity index (χ2v) is 22.0. The van der Waals surface area contributed by atoms with Crippen LogP contribution in [0.25, 0.3) is 0 Å². The molecule has 0 aromatic heterocycles. The van der Waals surface area contributed by atoms with Crippen molar-refractivity contribution in [2.24, 2.45) is 0 Å². The van der Waals surface area contributed by atoms with Gasteiger partial charge < -0.3 is 14.2 Å². The van der Waals surface area contributed by atoms with Gasteiger partial charge in [-0.1, -0.05) is 301 Å². The summed E-state index contributed by atoms with van der Waals surface area (Å²) in [6.45, 7) is 6.62. The van der Waals surface area contributed by atoms with Crippen LogP contribution in [-0.2, 0) is 28.6 Å². The molecule has 0 radical (unpaired) electrons. The van der Waals surface area contributed by atoms with E-state index in [9.17, 15) is 14.4 Å². The third-order valence-electron chi connectivity index (χ3n) is 14.6. The second kappa shape index (κ2) is 62.9. The van der Waals surface area contributed by atoms with Gasteiger partial charge in [0, 0.05) is 19.3 Å². The van der Waals surface area contributed by atoms with E-state index in [0.29, 0.717) is 19.3 Å². The lowest BCUT2D eigenvalue weighted by atomic mass is 10.0. The lowest BCUT2D eigenvalue weighted by molar-refractivity contribution is -0.167. The number of unbranched alkanes of at least 4 members (excludes halogenated alkanes) is 41. The van der Waals surface area contributed by atoms with Crippen molar-refractivity contribution in [1.29, 1.82) is 0 Å². The zero-order valence-electron chi connectivity index (χ0n) is 49.6. The van der Waals surface area contributed by atoms with Gasteiger partial charge in [0.05, 0.1) is 0 Å². The molecule has 0 bridgehead atoms. The van der Waals surface area contributed by atoms with Crippen LogP contribution >= 0.6 is 0 Å². The number of hydrogen-bond acceptors (Lipinski definition) is 6. The highest BCUT2D eigenvalue weighted by Crippen LogP contribution is 2.18. The number of carbonyl (C=O) groups excluding carboxylic acids is 3. The summed E-state index contributed by atoms with van der Waals surface area (Å²) in [5.74, 6) is -0.879. The Labute approximate surface area is 460 Å². The fraction of sp³-hybridized carbons (Fsp3) is 0.838. The summed E-state index contributed by atoms with van der Waals surface area (Å²) in [7, 11) is 0. The highest BCUT2D eigenvalue weighted by atomic mass is 16.6. The predicted molar refractivity (Wildman–Crippen MR) is 321 cm³/mol. The second-order valence-electron chi connectivity index (χ2n) is 22.0. The van der Waals surface area contributed by atoms with E-state index in [4.69, 9.17) is 14.2 Å². The van der Waals surface area contributed by atoms with Crippen LogP contribution in [-0.4, -0.2) is 37.2 Å². The van der Waals surface area contributed by atoms with Crippen LogP contribution in [0.5, 0.6) is 0 Å². The van der Waals surface area contributed by atoms with Gasteiger partial charge in [0.2, 0.25) is 0 Å². The maximum Gasteiger partial charge on any atom is 0.306 e. The first-order chi connectivity index (χ1) is 36.5. The minimum Gasteiger partial charge on any atom is -0.462 e. The first-order valence-corrected chi connectivity index (χ1v) is 32.6. The molecule has 0 fully saturated rings. The fourth-order valence-electron chi connectivity index (χ4n) is 9.61. The smallest absolute Gasteiger partial charge is 0.306 e. The third kappa shape index (κ3) is 60.2. The first-order valence-electron chi connectivity index (χ1n) is 32.6. The number of hydrogen-bond donors (Lipinski definition) is 0. The lowest BCUT2D eigenvalue weighted by Gasteiger charge is -2.18. The third-order valence-corrected chi connectivity index (χ3v) is 14.6. The minimum absolute atomic E-state index is 0.0775. The maximum absolute atomic E-state index is 12.9. The molecular weight excluding hydrogens is 913 g/mol. The van der Waals surface area contributed by atoms with Crippen molar-refractivity contribution in [1.82, 2.24) is 0 Å². The Morgan fingerprint density at radius 2 is 0.500 bits per heavy atom. The van der Waals surface area contributed by atoms with Gasteiger partial charge in [-0.15, -0.1) is 0 Å². The monoisotopic (exact) mass is 1040 g/mol. The molecule has 432 valence electrons. The molecule has 6 heteroatoms. The molecule has 0 aromatic carbocycles. The largest absolute Gasteiger partial charge is 0.462 e. The summed E-state index contributed by atoms with van der Waals surface area (Å²) in [6, 6.07) is 0. The van der Waals surface area contributed by atoms with E-state index in [1.54, 1.807) is 0 Å². The van der Waals surface area contributed by atoms with Gasteiger partial charge in [-0.2, -0.15) is 0 Å². The van der Waals surface area contributed by atoms with E-state index < -0.39 is 6.10 Å². The molecule has 74 heavy (non-hydrogen) atoms. The quantitative estimate of drug-likeness (QED) is 0.0261. The highest BCUT2D eigenvalue weighted by molar-refractivity contribution is 5.71. The number of esters is 3. The molecule has 0 aliphatic heterocycles. The van der Waals surface area contributed by atoms with Gasteiger partial charge in [0.25, 0.3) is 0 Å². The van der Waals surface area contributed by atoms with Crippen LogP contribution in [0.1, 0.15) is 348 Å². The Morgan fingerprint density at radius 3 is 0.797 bits per heavy atom. The van der Waals surface area contributed by atoms with Crippen molar-refractivity contribution < 1.29 is 28.6 Å². The summed E-state index contributed by atoms with van der Waals surface area (Å²) in [4.78, 5) is 38.3. The molecule has 0 aromatic rings. The molecule has 0 rings (SSSR count). The van der Waals surface area contributed by atoms with Crippen molar-refractivity contribution in [2.45, 2.75) is 354 Å². The Hall–Kier alpha value is -2.63. The van der Waals surface area contributed by atoms with Crippen LogP contribution in [0.4, 0.5) is 0 Å². The van der Waals surface area contributed by atoms with E-state index >= 15 is 0 Å². The molecule has 0 aliphatic rings. The van der Waals surface area contributed by atoms with E-state index in [1.807, 2.05) is 0 Å². The highest BCUT2D eigenvalue weighted by Gasteiger charge is 2.19. The Bertz CT molecular complexity index is 1280. The van der Waals surface area contributed by atoms with Crippen LogP contribution < -0.4 is 0 Å². The Kier molecular flexibility index (Phi) is 60.7. The predicted octanol–water partition coefficient (Wildman–Crippen LogP) is 22.2. The average Bonchev–Trinajstić information content (AvgIpc) is 3.40. The summed E-state index contributed by atoms with van der Waals surface area (Å²) in [5.41, 5.74) is 0. The summed E-state index contributed by atoms with van der Waals surface area (Å²) in [5, 5.41) is 0. The zero-order chi connectivity index (χ0) is 53.6. The van der Waals surface area contributed by atoms with E-state index in [2.05, 4.69) is 69.4 Å². The van der Waals surface area contributed by atoms with Crippen LogP contribution in [0.2, 0.25) is 0 Å². The average molecular weight is 1040 g/mol. The number of allylic oxidation sites excluding steroid dienone is 8. The van der Waals surface area contributed by atoms with Crippen molar-refractivity contribution in [3.8, 4) is 0 Å². The molecule has 1 atom stereocenters. The SMILES string of the molecule is CCCC/C=C\C/C=C\CCCCCCCC(=O)OCC(COC(=O)CCCCCCCCCCCCCCCCCCCCCCCCCC)OC(=O)CCCCCCCCC/C=C\C/C=C\CCCCCC. The first kappa shape index (κ1) is 71.4. The van der Waals surface area contributed by atoms with Crippen LogP contribution in [0, 0.1) is 0 Å². The molecule has 0 aliphatic carbocycles. The lowest BCUT2D eigenvalue weighted by Crippen LogP contribution is -2.30. The molecule has 0 amide bonds. The standard InChI is InChI=1S/C68H124O6/c1-4-7-10-13-16-19-22-25-28-30-32-33-34-35-36-37-39-40-43-46-49-52-55-58-61-67(70)73-64-65(63-72-66(69)60-57-54-51-48-45-42-27-24-21-18-15-12-9-6-3)74-68(71)62-59-56-53-50-47-44-41-38-31-29-26-23-20-17-14-11-8-5-2/h15,18,20,23-24,27,29,31,65H,4-14,16-17,19,21-22,25-26,28,30,32-64H2,1-3H3/b18-15-,23-20-,27-24-,31-29-. The van der Waals surface area contributed by atoms with Gasteiger partial charge in [-0.25, -0.2) is 0 Å². The summed E-state index contributed by atoms with van der Waals surface area (Å²) < 4.78 is 16.9. The van der Waals surface area contributed by atoms with Gasteiger partial charge in [0.15, 0.2) is 6.10 Å². The van der Waals surface area contributed by atoms with Crippen molar-refractivity contribution in [3.63, 3.8) is 0 Å². The molecule has 0 heterocycles. The molecule has 0 saturated carbocycles. The summed E-state index contributed by atoms with van der Waals surface area (Å²) in [6.07, 6.45) is 78.4. The molecule has 0 spiro atoms. The molecule has 6 nitrogen and oxygen atoms in total. The molecule has 0 N–H and O–H groups in total. The number of carbonyl (C=O) groups is 3. The normalized spacial score (nSPS) is 12.3. The van der Waals surface area contributed by atoms with Crippen LogP contribution in [0.15, 0.2) is 48.6 Å². The van der Waals surface area contributed by atoms with Crippen molar-refractivity contribution in [3.05, 3.63) is 48.6 Å². The van der Waals surface area contributed by atoms with Gasteiger partial charge in [0.1, 0.15) is 13.2 Å². The zero-order valence-corrected chi connectivity index (χ0v) is 49.6. The van der Waals surface area contributed by atoms with Crippen LogP contribution in [0.3, 0.4) is 0 Å². The molecule has 1 unspecified atom stereocenters. The van der Waals surface area contributed by atoms with E-state index in [1.165, 1.54) is 218 Å². The minimum atomic E-state index is -0.782. The number of rotatable bonds is 60. The topological polar surface area (TPSA) is 78.9 Å². The van der Waals surface area contributed by atoms with E-state index in [0.717, 1.165) is 89.9 Å². The van der Waals surface area contributed by atoms with Gasteiger partial charge in [-0.3, -0.25) is 14.4 Å². The summed E-state index contributed by atoms with van der Waals surface area (Å²) >= 11 is 0. The molecular formula is C68H124O6. The Balaban J connectivity index is 4.29. The van der Waals surface area contributed by atoms with Gasteiger partial charge >= 0.3 is 17.9 Å². The molecule has 0 saturated heterocycles. The maximum atomic E-state index is 12.9. The van der Waals surface area contributed by atoms with Crippen molar-refractivity contribution in [2.75, 3.05) is 13.2 Å². The van der Waals surface area contributed by atoms with E-state index in [-0.39, 0.29) is 31.1 Å². The van der Waals surface area contributed by atoms with Crippen molar-refractivity contribution >= 4 is 17.9 Å². The Morgan fingerprint density at radius 1 is 0.270 bits per heavy atom. The fourth-order valence-corrected chi connectivity index (χ4v) is 9.61. The number of ether oxygens (including phenoxy) is 3. The van der Waals surface area contributed by atoms with Gasteiger partial charge in [-0.05, 0) is 77.0 Å².